The maximum atomic E-state index is 3.66. The van der Waals surface area contributed by atoms with Crippen LogP contribution in [0, 0.1) is 17.3 Å². The molecule has 0 saturated carbocycles. The number of unbranched alkanes of at least 4 members (excludes halogenated alkanes) is 6. The average molecular weight is 284 g/mol. The van der Waals surface area contributed by atoms with Gasteiger partial charge in [0.25, 0.3) is 0 Å². The molecule has 0 aromatic heterocycles. The normalized spacial score (nSPS) is 13.9. The Bertz CT molecular complexity index is 202. The largest absolute Gasteiger partial charge is 0.316 e. The standard InChI is InChI=1S/C19H41N/c1-7-8-9-10-11-12-13-14-18(19(4,5)6)16-20-15-17(2)3/h17-18,20H,7-16H2,1-6H3. The van der Waals surface area contributed by atoms with Crippen LogP contribution in [0.1, 0.15) is 92.9 Å². The third-order valence-electron chi connectivity index (χ3n) is 4.32. The highest BCUT2D eigenvalue weighted by molar-refractivity contribution is 4.76. The van der Waals surface area contributed by atoms with Crippen LogP contribution in [0.25, 0.3) is 0 Å². The fourth-order valence-corrected chi connectivity index (χ4v) is 2.74. The number of nitrogens with one attached hydrogen (secondary N) is 1. The van der Waals surface area contributed by atoms with Gasteiger partial charge < -0.3 is 5.32 Å². The lowest BCUT2D eigenvalue weighted by atomic mass is 9.77. The van der Waals surface area contributed by atoms with Crippen molar-refractivity contribution in [3.05, 3.63) is 0 Å². The Balaban J connectivity index is 3.77. The van der Waals surface area contributed by atoms with Gasteiger partial charge in [0.15, 0.2) is 0 Å². The molecule has 122 valence electrons. The Labute approximate surface area is 129 Å². The van der Waals surface area contributed by atoms with E-state index in [1.165, 1.54) is 57.9 Å². The van der Waals surface area contributed by atoms with Crippen LogP contribution in [0.4, 0.5) is 0 Å². The van der Waals surface area contributed by atoms with Gasteiger partial charge in [-0.1, -0.05) is 86.5 Å². The Morgan fingerprint density at radius 3 is 1.85 bits per heavy atom. The molecule has 0 aliphatic carbocycles. The number of rotatable bonds is 12. The van der Waals surface area contributed by atoms with Crippen LogP contribution < -0.4 is 5.32 Å². The van der Waals surface area contributed by atoms with Crippen LogP contribution in [0.15, 0.2) is 0 Å². The summed E-state index contributed by atoms with van der Waals surface area (Å²) < 4.78 is 0. The summed E-state index contributed by atoms with van der Waals surface area (Å²) in [6, 6.07) is 0. The first-order chi connectivity index (χ1) is 9.38. The summed E-state index contributed by atoms with van der Waals surface area (Å²) in [4.78, 5) is 0. The van der Waals surface area contributed by atoms with Crippen molar-refractivity contribution in [3.8, 4) is 0 Å². The molecule has 1 heteroatoms. The van der Waals surface area contributed by atoms with Gasteiger partial charge in [0, 0.05) is 0 Å². The van der Waals surface area contributed by atoms with E-state index in [0.717, 1.165) is 18.4 Å². The summed E-state index contributed by atoms with van der Waals surface area (Å²) in [5.41, 5.74) is 0.437. The van der Waals surface area contributed by atoms with E-state index < -0.39 is 0 Å². The fraction of sp³-hybridized carbons (Fsp3) is 1.00. The van der Waals surface area contributed by atoms with Crippen molar-refractivity contribution in [2.45, 2.75) is 92.9 Å². The van der Waals surface area contributed by atoms with Crippen molar-refractivity contribution >= 4 is 0 Å². The van der Waals surface area contributed by atoms with Crippen LogP contribution >= 0.6 is 0 Å². The van der Waals surface area contributed by atoms with E-state index in [0.29, 0.717) is 5.41 Å². The Morgan fingerprint density at radius 2 is 1.35 bits per heavy atom. The topological polar surface area (TPSA) is 12.0 Å². The Hall–Kier alpha value is -0.0400. The first-order valence-electron chi connectivity index (χ1n) is 9.08. The predicted molar refractivity (Wildman–Crippen MR) is 93.3 cm³/mol. The second-order valence-corrected chi connectivity index (χ2v) is 8.03. The second-order valence-electron chi connectivity index (χ2n) is 8.03. The van der Waals surface area contributed by atoms with Crippen molar-refractivity contribution < 1.29 is 0 Å². The van der Waals surface area contributed by atoms with E-state index >= 15 is 0 Å². The van der Waals surface area contributed by atoms with Crippen LogP contribution in [0.2, 0.25) is 0 Å². The van der Waals surface area contributed by atoms with E-state index in [2.05, 4.69) is 46.9 Å². The Morgan fingerprint density at radius 1 is 0.800 bits per heavy atom. The van der Waals surface area contributed by atoms with Crippen LogP contribution in [-0.2, 0) is 0 Å². The van der Waals surface area contributed by atoms with E-state index in [-0.39, 0.29) is 0 Å². The minimum Gasteiger partial charge on any atom is -0.316 e. The fourth-order valence-electron chi connectivity index (χ4n) is 2.74. The molecular weight excluding hydrogens is 242 g/mol. The van der Waals surface area contributed by atoms with Crippen LogP contribution in [-0.4, -0.2) is 13.1 Å². The molecule has 0 aliphatic rings. The molecule has 0 aliphatic heterocycles. The summed E-state index contributed by atoms with van der Waals surface area (Å²) in [5, 5.41) is 3.66. The molecule has 0 heterocycles. The van der Waals surface area contributed by atoms with Gasteiger partial charge in [-0.25, -0.2) is 0 Å². The molecule has 1 nitrogen and oxygen atoms in total. The minimum absolute atomic E-state index is 0.437. The maximum Gasteiger partial charge on any atom is -0.00154 e. The summed E-state index contributed by atoms with van der Waals surface area (Å²) in [6.45, 7) is 16.4. The summed E-state index contributed by atoms with van der Waals surface area (Å²) in [6.07, 6.45) is 11.3. The molecule has 0 bridgehead atoms. The van der Waals surface area contributed by atoms with Gasteiger partial charge in [-0.15, -0.1) is 0 Å². The highest BCUT2D eigenvalue weighted by Gasteiger charge is 2.23. The highest BCUT2D eigenvalue weighted by atomic mass is 14.9. The molecule has 0 fully saturated rings. The summed E-state index contributed by atoms with van der Waals surface area (Å²) in [7, 11) is 0. The van der Waals surface area contributed by atoms with Gasteiger partial charge >= 0.3 is 0 Å². The lowest BCUT2D eigenvalue weighted by Crippen LogP contribution is -2.33. The minimum atomic E-state index is 0.437. The van der Waals surface area contributed by atoms with Gasteiger partial charge in [-0.05, 0) is 36.8 Å². The van der Waals surface area contributed by atoms with Crippen LogP contribution in [0.5, 0.6) is 0 Å². The SMILES string of the molecule is CCCCCCCCCC(CNCC(C)C)C(C)(C)C. The first-order valence-corrected chi connectivity index (χ1v) is 9.08. The molecule has 1 unspecified atom stereocenters. The van der Waals surface area contributed by atoms with Gasteiger partial charge in [-0.3, -0.25) is 0 Å². The Kier molecular flexibility index (Phi) is 11.6. The third kappa shape index (κ3) is 11.8. The van der Waals surface area contributed by atoms with Crippen LogP contribution in [0.3, 0.4) is 0 Å². The van der Waals surface area contributed by atoms with Crippen molar-refractivity contribution in [1.29, 1.82) is 0 Å². The van der Waals surface area contributed by atoms with Crippen molar-refractivity contribution in [2.24, 2.45) is 17.3 Å². The lowest BCUT2D eigenvalue weighted by Gasteiger charge is -2.31. The summed E-state index contributed by atoms with van der Waals surface area (Å²) >= 11 is 0. The second kappa shape index (κ2) is 11.6. The summed E-state index contributed by atoms with van der Waals surface area (Å²) in [5.74, 6) is 1.58. The van der Waals surface area contributed by atoms with Crippen molar-refractivity contribution in [1.82, 2.24) is 5.32 Å². The van der Waals surface area contributed by atoms with Gasteiger partial charge in [0.05, 0.1) is 0 Å². The van der Waals surface area contributed by atoms with Gasteiger partial charge in [0.1, 0.15) is 0 Å². The number of hydrogen-bond acceptors (Lipinski definition) is 1. The maximum absolute atomic E-state index is 3.66. The smallest absolute Gasteiger partial charge is 0.00154 e. The molecule has 1 atom stereocenters. The zero-order chi connectivity index (χ0) is 15.4. The predicted octanol–water partition coefficient (Wildman–Crippen LogP) is 6.04. The third-order valence-corrected chi connectivity index (χ3v) is 4.32. The highest BCUT2D eigenvalue weighted by Crippen LogP contribution is 2.30. The van der Waals surface area contributed by atoms with E-state index in [1.807, 2.05) is 0 Å². The first kappa shape index (κ1) is 20.0. The molecule has 1 N–H and O–H groups in total. The molecule has 0 aromatic carbocycles. The zero-order valence-corrected chi connectivity index (χ0v) is 15.2. The molecule has 0 radical (unpaired) electrons. The molecule has 0 spiro atoms. The zero-order valence-electron chi connectivity index (χ0n) is 15.2. The lowest BCUT2D eigenvalue weighted by molar-refractivity contribution is 0.211. The van der Waals surface area contributed by atoms with Gasteiger partial charge in [0.2, 0.25) is 0 Å². The van der Waals surface area contributed by atoms with Crippen molar-refractivity contribution in [3.63, 3.8) is 0 Å². The van der Waals surface area contributed by atoms with E-state index in [9.17, 15) is 0 Å². The van der Waals surface area contributed by atoms with E-state index in [4.69, 9.17) is 0 Å². The molecule has 0 saturated heterocycles. The molecular formula is C19H41N. The van der Waals surface area contributed by atoms with Gasteiger partial charge in [-0.2, -0.15) is 0 Å². The molecule has 0 rings (SSSR count). The quantitative estimate of drug-likeness (QED) is 0.431. The van der Waals surface area contributed by atoms with Crippen molar-refractivity contribution in [2.75, 3.05) is 13.1 Å². The monoisotopic (exact) mass is 283 g/mol. The molecule has 0 amide bonds. The number of hydrogen-bond donors (Lipinski definition) is 1. The molecule has 20 heavy (non-hydrogen) atoms. The molecule has 0 aromatic rings. The average Bonchev–Trinajstić information content (AvgIpc) is 2.33. The van der Waals surface area contributed by atoms with E-state index in [1.54, 1.807) is 0 Å².